The van der Waals surface area contributed by atoms with E-state index in [1.807, 2.05) is 0 Å². The summed E-state index contributed by atoms with van der Waals surface area (Å²) in [6.07, 6.45) is 2.63. The van der Waals surface area contributed by atoms with Gasteiger partial charge in [-0.1, -0.05) is 18.2 Å². The van der Waals surface area contributed by atoms with Crippen LogP contribution in [0.2, 0.25) is 0 Å². The highest BCUT2D eigenvalue weighted by Gasteiger charge is 2.23. The predicted molar refractivity (Wildman–Crippen MR) is 86.0 cm³/mol. The minimum atomic E-state index is -0.666. The van der Waals surface area contributed by atoms with E-state index in [-0.39, 0.29) is 22.7 Å². The fourth-order valence-corrected chi connectivity index (χ4v) is 2.05. The summed E-state index contributed by atoms with van der Waals surface area (Å²) in [5, 5.41) is 11.2. The van der Waals surface area contributed by atoms with Crippen LogP contribution in [0.25, 0.3) is 6.08 Å². The molecular formula is C17H14FNO5. The van der Waals surface area contributed by atoms with Gasteiger partial charge in [0.25, 0.3) is 5.69 Å². The first-order valence-corrected chi connectivity index (χ1v) is 6.84. The number of rotatable bonds is 6. The van der Waals surface area contributed by atoms with Gasteiger partial charge in [-0.15, -0.1) is 0 Å². The molecule has 0 fully saturated rings. The molecule has 0 amide bonds. The maximum absolute atomic E-state index is 12.9. The zero-order valence-electron chi connectivity index (χ0n) is 13.0. The number of hydrogen-bond donors (Lipinski definition) is 0. The highest BCUT2D eigenvalue weighted by atomic mass is 19.1. The van der Waals surface area contributed by atoms with Crippen molar-refractivity contribution in [2.45, 2.75) is 0 Å². The van der Waals surface area contributed by atoms with E-state index < -0.39 is 16.5 Å². The Morgan fingerprint density at radius 1 is 1.12 bits per heavy atom. The number of nitro benzene ring substituents is 1. The van der Waals surface area contributed by atoms with Gasteiger partial charge in [0.2, 0.25) is 0 Å². The molecule has 0 atom stereocenters. The van der Waals surface area contributed by atoms with Crippen LogP contribution >= 0.6 is 0 Å². The number of ether oxygens (including phenoxy) is 2. The Balaban J connectivity index is 2.40. The van der Waals surface area contributed by atoms with Crippen LogP contribution in [0.4, 0.5) is 10.1 Å². The molecule has 0 aromatic heterocycles. The average molecular weight is 331 g/mol. The Morgan fingerprint density at radius 2 is 1.71 bits per heavy atom. The van der Waals surface area contributed by atoms with Crippen molar-refractivity contribution in [3.8, 4) is 11.5 Å². The predicted octanol–water partition coefficient (Wildman–Crippen LogP) is 3.65. The SMILES string of the molecule is COc1cc(C(=O)/C=C/c2ccc(F)cc2)c([N+](=O)[O-])cc1OC. The van der Waals surface area contributed by atoms with Crippen LogP contribution < -0.4 is 9.47 Å². The van der Waals surface area contributed by atoms with Gasteiger partial charge in [0.1, 0.15) is 11.4 Å². The third kappa shape index (κ3) is 3.75. The largest absolute Gasteiger partial charge is 0.493 e. The lowest BCUT2D eigenvalue weighted by atomic mass is 10.1. The monoisotopic (exact) mass is 331 g/mol. The zero-order valence-corrected chi connectivity index (χ0v) is 13.0. The molecule has 0 saturated heterocycles. The summed E-state index contributed by atoms with van der Waals surface area (Å²) in [7, 11) is 2.71. The lowest BCUT2D eigenvalue weighted by molar-refractivity contribution is -0.385. The molecule has 0 N–H and O–H groups in total. The van der Waals surface area contributed by atoms with Crippen LogP contribution in [0, 0.1) is 15.9 Å². The van der Waals surface area contributed by atoms with Crippen LogP contribution in [0.5, 0.6) is 11.5 Å². The molecule has 0 heterocycles. The number of allylic oxidation sites excluding steroid dienone is 1. The van der Waals surface area contributed by atoms with E-state index in [0.29, 0.717) is 5.56 Å². The molecule has 0 spiro atoms. The number of nitrogens with zero attached hydrogens (tertiary/aromatic N) is 1. The molecule has 0 unspecified atom stereocenters. The number of halogens is 1. The van der Waals surface area contributed by atoms with E-state index in [1.165, 1.54) is 56.7 Å². The van der Waals surface area contributed by atoms with Crippen molar-refractivity contribution in [3.05, 3.63) is 69.5 Å². The molecule has 0 aliphatic heterocycles. The quantitative estimate of drug-likeness (QED) is 0.349. The van der Waals surface area contributed by atoms with Crippen molar-refractivity contribution in [1.82, 2.24) is 0 Å². The molecule has 0 aliphatic rings. The highest BCUT2D eigenvalue weighted by molar-refractivity contribution is 6.10. The molecule has 0 aliphatic carbocycles. The van der Waals surface area contributed by atoms with E-state index in [0.717, 1.165) is 6.07 Å². The Morgan fingerprint density at radius 3 is 2.25 bits per heavy atom. The third-order valence-corrected chi connectivity index (χ3v) is 3.26. The van der Waals surface area contributed by atoms with E-state index in [1.54, 1.807) is 0 Å². The van der Waals surface area contributed by atoms with Crippen LogP contribution in [-0.4, -0.2) is 24.9 Å². The van der Waals surface area contributed by atoms with E-state index in [9.17, 15) is 19.3 Å². The summed E-state index contributed by atoms with van der Waals surface area (Å²) in [6.45, 7) is 0. The first kappa shape index (κ1) is 17.1. The van der Waals surface area contributed by atoms with E-state index >= 15 is 0 Å². The van der Waals surface area contributed by atoms with Crippen molar-refractivity contribution >= 4 is 17.5 Å². The molecule has 0 saturated carbocycles. The number of methoxy groups -OCH3 is 2. The number of carbonyl (C=O) groups excluding carboxylic acids is 1. The van der Waals surface area contributed by atoms with Gasteiger partial charge in [-0.3, -0.25) is 14.9 Å². The third-order valence-electron chi connectivity index (χ3n) is 3.26. The van der Waals surface area contributed by atoms with Gasteiger partial charge in [-0.05, 0) is 23.8 Å². The summed E-state index contributed by atoms with van der Waals surface area (Å²) in [5.41, 5.74) is 0.0743. The first-order valence-electron chi connectivity index (χ1n) is 6.84. The highest BCUT2D eigenvalue weighted by Crippen LogP contribution is 2.34. The summed E-state index contributed by atoms with van der Waals surface area (Å²) >= 11 is 0. The van der Waals surface area contributed by atoms with E-state index in [2.05, 4.69) is 0 Å². The number of benzene rings is 2. The molecule has 0 bridgehead atoms. The van der Waals surface area contributed by atoms with Crippen LogP contribution in [0.3, 0.4) is 0 Å². The number of carbonyl (C=O) groups is 1. The Hall–Kier alpha value is -3.22. The Labute approximate surface area is 137 Å². The summed E-state index contributed by atoms with van der Waals surface area (Å²) in [4.78, 5) is 22.8. The Kier molecular flexibility index (Phi) is 5.26. The number of ketones is 1. The van der Waals surface area contributed by atoms with Gasteiger partial charge in [-0.25, -0.2) is 4.39 Å². The van der Waals surface area contributed by atoms with Crippen molar-refractivity contribution in [2.75, 3.05) is 14.2 Å². The topological polar surface area (TPSA) is 78.7 Å². The maximum atomic E-state index is 12.9. The molecule has 0 radical (unpaired) electrons. The smallest absolute Gasteiger partial charge is 0.284 e. The van der Waals surface area contributed by atoms with Crippen molar-refractivity contribution < 1.29 is 23.6 Å². The first-order chi connectivity index (χ1) is 11.5. The van der Waals surface area contributed by atoms with Crippen molar-refractivity contribution in [2.24, 2.45) is 0 Å². The number of hydrogen-bond acceptors (Lipinski definition) is 5. The average Bonchev–Trinajstić information content (AvgIpc) is 2.59. The minimum absolute atomic E-state index is 0.129. The lowest BCUT2D eigenvalue weighted by Gasteiger charge is -2.09. The van der Waals surface area contributed by atoms with Crippen molar-refractivity contribution in [3.63, 3.8) is 0 Å². The van der Waals surface area contributed by atoms with Crippen LogP contribution in [0.15, 0.2) is 42.5 Å². The zero-order chi connectivity index (χ0) is 17.7. The van der Waals surface area contributed by atoms with Gasteiger partial charge in [0.15, 0.2) is 17.3 Å². The molecule has 24 heavy (non-hydrogen) atoms. The minimum Gasteiger partial charge on any atom is -0.493 e. The molecule has 2 rings (SSSR count). The second-order valence-electron chi connectivity index (χ2n) is 4.73. The molecule has 2 aromatic rings. The van der Waals surface area contributed by atoms with Crippen LogP contribution in [-0.2, 0) is 0 Å². The maximum Gasteiger partial charge on any atom is 0.284 e. The number of nitro groups is 1. The van der Waals surface area contributed by atoms with Crippen molar-refractivity contribution in [1.29, 1.82) is 0 Å². The van der Waals surface area contributed by atoms with Gasteiger partial charge >= 0.3 is 0 Å². The van der Waals surface area contributed by atoms with E-state index in [4.69, 9.17) is 9.47 Å². The molecular weight excluding hydrogens is 317 g/mol. The summed E-state index contributed by atoms with van der Waals surface area (Å²) in [6, 6.07) is 7.88. The van der Waals surface area contributed by atoms with Gasteiger partial charge in [0.05, 0.1) is 25.2 Å². The van der Waals surface area contributed by atoms with Gasteiger partial charge in [-0.2, -0.15) is 0 Å². The summed E-state index contributed by atoms with van der Waals surface area (Å²) < 4.78 is 22.9. The summed E-state index contributed by atoms with van der Waals surface area (Å²) in [5.74, 6) is -0.606. The molecule has 2 aromatic carbocycles. The lowest BCUT2D eigenvalue weighted by Crippen LogP contribution is -2.03. The van der Waals surface area contributed by atoms with Gasteiger partial charge < -0.3 is 9.47 Å². The molecule has 6 nitrogen and oxygen atoms in total. The Bertz CT molecular complexity index is 799. The normalized spacial score (nSPS) is 10.6. The molecule has 7 heteroatoms. The fourth-order valence-electron chi connectivity index (χ4n) is 2.05. The standard InChI is InChI=1S/C17H14FNO5/c1-23-16-9-13(14(19(21)22)10-17(16)24-2)15(20)8-5-11-3-6-12(18)7-4-11/h3-10H,1-2H3/b8-5+. The fraction of sp³-hybridized carbons (Fsp3) is 0.118. The second-order valence-corrected chi connectivity index (χ2v) is 4.73. The molecule has 124 valence electrons. The van der Waals surface area contributed by atoms with Gasteiger partial charge in [0, 0.05) is 6.07 Å². The second kappa shape index (κ2) is 7.36. The van der Waals surface area contributed by atoms with Crippen LogP contribution in [0.1, 0.15) is 15.9 Å².